The molecule has 0 aromatic rings. The number of hydrogen-bond acceptors (Lipinski definition) is 2. The highest BCUT2D eigenvalue weighted by molar-refractivity contribution is 4.88. The van der Waals surface area contributed by atoms with Crippen LogP contribution in [0.4, 0.5) is 8.78 Å². The van der Waals surface area contributed by atoms with Crippen LogP contribution in [0.5, 0.6) is 0 Å². The summed E-state index contributed by atoms with van der Waals surface area (Å²) < 4.78 is 26.4. The third-order valence-corrected chi connectivity index (χ3v) is 3.56. The first-order valence-corrected chi connectivity index (χ1v) is 6.13. The highest BCUT2D eigenvalue weighted by Gasteiger charge is 2.40. The van der Waals surface area contributed by atoms with Crippen molar-refractivity contribution in [2.75, 3.05) is 32.7 Å². The van der Waals surface area contributed by atoms with Crippen molar-refractivity contribution in [1.29, 1.82) is 0 Å². The topological polar surface area (TPSA) is 6.48 Å². The average molecular weight is 234 g/mol. The molecule has 0 aromatic heterocycles. The zero-order valence-corrected chi connectivity index (χ0v) is 10.8. The number of nitrogens with zero attached hydrogens (tertiary/aromatic N) is 2. The maximum atomic E-state index is 13.2. The van der Waals surface area contributed by atoms with E-state index in [4.69, 9.17) is 0 Å². The Morgan fingerprint density at radius 2 is 1.81 bits per heavy atom. The lowest BCUT2D eigenvalue weighted by Gasteiger charge is -2.34. The van der Waals surface area contributed by atoms with E-state index in [1.807, 2.05) is 6.92 Å². The molecule has 0 amide bonds. The molecular formula is C12H24F2N2. The van der Waals surface area contributed by atoms with Gasteiger partial charge in [-0.15, -0.1) is 0 Å². The van der Waals surface area contributed by atoms with Crippen LogP contribution in [0.3, 0.4) is 0 Å². The van der Waals surface area contributed by atoms with Crippen molar-refractivity contribution >= 4 is 0 Å². The molecule has 0 N–H and O–H groups in total. The number of alkyl halides is 2. The molecule has 1 rings (SSSR count). The number of halogens is 2. The van der Waals surface area contributed by atoms with E-state index in [0.29, 0.717) is 19.1 Å². The van der Waals surface area contributed by atoms with Gasteiger partial charge in [0.1, 0.15) is 0 Å². The average Bonchev–Trinajstić information content (AvgIpc) is 2.38. The van der Waals surface area contributed by atoms with E-state index >= 15 is 0 Å². The molecule has 2 nitrogen and oxygen atoms in total. The van der Waals surface area contributed by atoms with E-state index in [9.17, 15) is 8.78 Å². The van der Waals surface area contributed by atoms with Crippen molar-refractivity contribution in [1.82, 2.24) is 9.80 Å². The Kier molecular flexibility index (Phi) is 4.68. The van der Waals surface area contributed by atoms with Crippen LogP contribution in [0.15, 0.2) is 0 Å². The fraction of sp³-hybridized carbons (Fsp3) is 1.00. The van der Waals surface area contributed by atoms with Gasteiger partial charge in [-0.25, -0.2) is 8.78 Å². The van der Waals surface area contributed by atoms with Gasteiger partial charge in [0, 0.05) is 32.2 Å². The van der Waals surface area contributed by atoms with E-state index in [1.165, 1.54) is 0 Å². The van der Waals surface area contributed by atoms with Crippen molar-refractivity contribution in [3.05, 3.63) is 0 Å². The standard InChI is InChI=1S/C12H24F2N2/c1-5-15-6-7-16(10(2)3)9-12(4,8-15)11(13)14/h10-11H,5-9H2,1-4H3. The molecule has 1 atom stereocenters. The molecule has 0 bridgehead atoms. The summed E-state index contributed by atoms with van der Waals surface area (Å²) in [7, 11) is 0. The Balaban J connectivity index is 2.80. The molecule has 4 heteroatoms. The summed E-state index contributed by atoms with van der Waals surface area (Å²) in [4.78, 5) is 4.30. The van der Waals surface area contributed by atoms with Crippen LogP contribution >= 0.6 is 0 Å². The van der Waals surface area contributed by atoms with E-state index < -0.39 is 11.8 Å². The number of rotatable bonds is 3. The van der Waals surface area contributed by atoms with Gasteiger partial charge in [0.05, 0.1) is 5.41 Å². The maximum Gasteiger partial charge on any atom is 0.246 e. The quantitative estimate of drug-likeness (QED) is 0.739. The molecule has 0 spiro atoms. The fourth-order valence-electron chi connectivity index (χ4n) is 2.30. The van der Waals surface area contributed by atoms with Gasteiger partial charge in [-0.05, 0) is 20.4 Å². The van der Waals surface area contributed by atoms with Crippen molar-refractivity contribution in [2.24, 2.45) is 5.41 Å². The monoisotopic (exact) mass is 234 g/mol. The van der Waals surface area contributed by atoms with Crippen molar-refractivity contribution in [2.45, 2.75) is 40.2 Å². The lowest BCUT2D eigenvalue weighted by atomic mass is 9.90. The largest absolute Gasteiger partial charge is 0.302 e. The molecule has 0 aliphatic carbocycles. The van der Waals surface area contributed by atoms with Gasteiger partial charge in [0.25, 0.3) is 0 Å². The van der Waals surface area contributed by atoms with Gasteiger partial charge < -0.3 is 4.90 Å². The van der Waals surface area contributed by atoms with Crippen LogP contribution in [-0.2, 0) is 0 Å². The lowest BCUT2D eigenvalue weighted by Crippen LogP contribution is -2.45. The first kappa shape index (κ1) is 13.8. The molecule has 1 fully saturated rings. The zero-order chi connectivity index (χ0) is 12.3. The van der Waals surface area contributed by atoms with Gasteiger partial charge in [-0.3, -0.25) is 4.90 Å². The molecule has 0 saturated carbocycles. The Morgan fingerprint density at radius 3 is 2.25 bits per heavy atom. The second-order valence-electron chi connectivity index (χ2n) is 5.39. The summed E-state index contributed by atoms with van der Waals surface area (Å²) in [6.07, 6.45) is -2.25. The Hall–Kier alpha value is -0.220. The summed E-state index contributed by atoms with van der Waals surface area (Å²) in [5, 5.41) is 0. The van der Waals surface area contributed by atoms with Crippen LogP contribution in [0, 0.1) is 5.41 Å². The molecule has 1 saturated heterocycles. The van der Waals surface area contributed by atoms with Gasteiger partial charge >= 0.3 is 0 Å². The maximum absolute atomic E-state index is 13.2. The van der Waals surface area contributed by atoms with Crippen LogP contribution in [-0.4, -0.2) is 55.0 Å². The first-order chi connectivity index (χ1) is 7.39. The molecular weight excluding hydrogens is 210 g/mol. The molecule has 1 heterocycles. The third-order valence-electron chi connectivity index (χ3n) is 3.56. The molecule has 0 aromatic carbocycles. The Bertz CT molecular complexity index is 221. The molecule has 16 heavy (non-hydrogen) atoms. The van der Waals surface area contributed by atoms with Crippen LogP contribution in [0.2, 0.25) is 0 Å². The van der Waals surface area contributed by atoms with E-state index in [1.54, 1.807) is 6.92 Å². The van der Waals surface area contributed by atoms with Gasteiger partial charge in [0.2, 0.25) is 6.43 Å². The smallest absolute Gasteiger partial charge is 0.246 e. The summed E-state index contributed by atoms with van der Waals surface area (Å²) in [6, 6.07) is 0.342. The highest BCUT2D eigenvalue weighted by Crippen LogP contribution is 2.30. The number of hydrogen-bond donors (Lipinski definition) is 0. The first-order valence-electron chi connectivity index (χ1n) is 6.13. The minimum atomic E-state index is -2.25. The Labute approximate surface area is 97.6 Å². The van der Waals surface area contributed by atoms with E-state index in [-0.39, 0.29) is 0 Å². The van der Waals surface area contributed by atoms with Crippen molar-refractivity contribution in [3.8, 4) is 0 Å². The van der Waals surface area contributed by atoms with Crippen molar-refractivity contribution in [3.63, 3.8) is 0 Å². The minimum Gasteiger partial charge on any atom is -0.302 e. The summed E-state index contributed by atoms with van der Waals surface area (Å²) >= 11 is 0. The summed E-state index contributed by atoms with van der Waals surface area (Å²) in [5.41, 5.74) is -0.892. The van der Waals surface area contributed by atoms with Crippen LogP contribution in [0.1, 0.15) is 27.7 Å². The second kappa shape index (κ2) is 5.41. The normalized spacial score (nSPS) is 30.0. The second-order valence-corrected chi connectivity index (χ2v) is 5.39. The zero-order valence-electron chi connectivity index (χ0n) is 10.8. The van der Waals surface area contributed by atoms with Crippen LogP contribution in [0.25, 0.3) is 0 Å². The predicted octanol–water partition coefficient (Wildman–Crippen LogP) is 2.30. The molecule has 1 aliphatic rings. The predicted molar refractivity (Wildman–Crippen MR) is 62.9 cm³/mol. The van der Waals surface area contributed by atoms with Crippen molar-refractivity contribution < 1.29 is 8.78 Å². The fourth-order valence-corrected chi connectivity index (χ4v) is 2.30. The van der Waals surface area contributed by atoms with E-state index in [0.717, 1.165) is 19.6 Å². The summed E-state index contributed by atoms with van der Waals surface area (Å²) in [6.45, 7) is 11.6. The van der Waals surface area contributed by atoms with Gasteiger partial charge in [-0.1, -0.05) is 13.8 Å². The molecule has 96 valence electrons. The molecule has 0 radical (unpaired) electrons. The van der Waals surface area contributed by atoms with Gasteiger partial charge in [-0.2, -0.15) is 0 Å². The highest BCUT2D eigenvalue weighted by atomic mass is 19.3. The SMILES string of the molecule is CCN1CCN(C(C)C)CC(C)(C(F)F)C1. The summed E-state index contributed by atoms with van der Waals surface area (Å²) in [5.74, 6) is 0. The van der Waals surface area contributed by atoms with Gasteiger partial charge in [0.15, 0.2) is 0 Å². The molecule has 1 aliphatic heterocycles. The molecule has 1 unspecified atom stereocenters. The number of likely N-dealkylation sites (N-methyl/N-ethyl adjacent to an activating group) is 1. The van der Waals surface area contributed by atoms with Crippen LogP contribution < -0.4 is 0 Å². The lowest BCUT2D eigenvalue weighted by molar-refractivity contribution is -0.0244. The third kappa shape index (κ3) is 3.14. The Morgan fingerprint density at radius 1 is 1.19 bits per heavy atom. The minimum absolute atomic E-state index is 0.342. The van der Waals surface area contributed by atoms with E-state index in [2.05, 4.69) is 23.6 Å².